The molecule has 0 bridgehead atoms. The van der Waals surface area contributed by atoms with E-state index in [1.165, 1.54) is 34.5 Å². The Balaban J connectivity index is 1.57. The van der Waals surface area contributed by atoms with Crippen molar-refractivity contribution >= 4 is 49.8 Å². The molecule has 12 heteroatoms. The van der Waals surface area contributed by atoms with Crippen LogP contribution in [-0.2, 0) is 29.1 Å². The normalized spacial score (nSPS) is 15.4. The van der Waals surface area contributed by atoms with Crippen molar-refractivity contribution in [2.75, 3.05) is 31.9 Å². The summed E-state index contributed by atoms with van der Waals surface area (Å²) in [5, 5.41) is 3.88. The summed E-state index contributed by atoms with van der Waals surface area (Å²) >= 11 is 6.29. The van der Waals surface area contributed by atoms with Crippen LogP contribution < -0.4 is 10.9 Å². The molecule has 204 valence electrons. The SMILES string of the molecule is C=CCn1c(=O)c2cnc(Nc3ccc4c(c3)CCC(N(C)C)C4)nc2n1-c1ccc(Cl)c(N=S(C)(C)=O)n1. The average molecular weight is 567 g/mol. The van der Waals surface area contributed by atoms with Crippen molar-refractivity contribution in [2.45, 2.75) is 31.8 Å². The van der Waals surface area contributed by atoms with Crippen molar-refractivity contribution in [3.05, 3.63) is 75.7 Å². The highest BCUT2D eigenvalue weighted by atomic mass is 35.5. The number of allylic oxidation sites excluding steroid dienone is 1. The number of benzene rings is 1. The van der Waals surface area contributed by atoms with Crippen LogP contribution in [0.2, 0.25) is 5.02 Å². The van der Waals surface area contributed by atoms with Crippen LogP contribution in [-0.4, -0.2) is 66.1 Å². The van der Waals surface area contributed by atoms with Crippen LogP contribution in [0.4, 0.5) is 17.5 Å². The number of nitrogens with one attached hydrogen (secondary N) is 1. The van der Waals surface area contributed by atoms with Gasteiger partial charge in [-0.05, 0) is 68.8 Å². The number of rotatable bonds is 7. The molecular formula is C27H31ClN8O2S. The quantitative estimate of drug-likeness (QED) is 0.331. The van der Waals surface area contributed by atoms with Gasteiger partial charge in [-0.15, -0.1) is 6.58 Å². The second-order valence-corrected chi connectivity index (χ2v) is 13.1. The fourth-order valence-corrected chi connectivity index (χ4v) is 5.56. The van der Waals surface area contributed by atoms with Gasteiger partial charge < -0.3 is 10.2 Å². The zero-order chi connectivity index (χ0) is 27.9. The maximum atomic E-state index is 13.3. The standard InChI is InChI=1S/C27H31ClN8O2S/c1-6-13-35-26(37)21-16-29-27(30-19-9-7-18-15-20(34(2)3)10-8-17(18)14-19)32-25(21)36(35)23-12-11-22(28)24(31-23)33-39(4,5)38/h6-7,9,11-12,14,16,20H,1,8,10,13,15H2,2-5H3,(H,29,30,32). The Morgan fingerprint density at radius 2 is 2.03 bits per heavy atom. The van der Waals surface area contributed by atoms with Crippen molar-refractivity contribution in [1.82, 2.24) is 29.2 Å². The van der Waals surface area contributed by atoms with Crippen LogP contribution in [0.1, 0.15) is 17.5 Å². The second-order valence-electron chi connectivity index (χ2n) is 10.1. The molecule has 0 amide bonds. The molecule has 10 nitrogen and oxygen atoms in total. The van der Waals surface area contributed by atoms with Crippen molar-refractivity contribution in [2.24, 2.45) is 4.36 Å². The van der Waals surface area contributed by atoms with E-state index >= 15 is 0 Å². The van der Waals surface area contributed by atoms with Gasteiger partial charge in [-0.25, -0.2) is 23.5 Å². The molecule has 1 aliphatic rings. The number of halogens is 1. The molecule has 4 aromatic rings. The Kier molecular flexibility index (Phi) is 7.32. The molecule has 1 aliphatic carbocycles. The lowest BCUT2D eigenvalue weighted by atomic mass is 9.87. The van der Waals surface area contributed by atoms with Crippen molar-refractivity contribution in [1.29, 1.82) is 0 Å². The molecule has 1 unspecified atom stereocenters. The first kappa shape index (κ1) is 27.0. The summed E-state index contributed by atoms with van der Waals surface area (Å²) in [5.74, 6) is 0.823. The number of hydrogen-bond donors (Lipinski definition) is 1. The molecule has 1 atom stereocenters. The minimum absolute atomic E-state index is 0.126. The monoisotopic (exact) mass is 566 g/mol. The molecule has 3 aromatic heterocycles. The first-order valence-corrected chi connectivity index (χ1v) is 15.2. The van der Waals surface area contributed by atoms with Gasteiger partial charge >= 0.3 is 0 Å². The average Bonchev–Trinajstić information content (AvgIpc) is 3.15. The molecule has 1 N–H and O–H groups in total. The minimum Gasteiger partial charge on any atom is -0.324 e. The van der Waals surface area contributed by atoms with Gasteiger partial charge in [-0.2, -0.15) is 9.35 Å². The minimum atomic E-state index is -2.52. The van der Waals surface area contributed by atoms with Gasteiger partial charge in [0.05, 0.1) is 11.6 Å². The van der Waals surface area contributed by atoms with Crippen molar-refractivity contribution in [3.63, 3.8) is 0 Å². The van der Waals surface area contributed by atoms with Gasteiger partial charge in [0.15, 0.2) is 17.3 Å². The van der Waals surface area contributed by atoms with Crippen LogP contribution in [0.5, 0.6) is 0 Å². The highest BCUT2D eigenvalue weighted by molar-refractivity contribution is 7.92. The number of anilines is 2. The maximum absolute atomic E-state index is 13.3. The molecule has 0 saturated heterocycles. The Morgan fingerprint density at radius 3 is 2.74 bits per heavy atom. The van der Waals surface area contributed by atoms with Gasteiger partial charge in [-0.1, -0.05) is 23.7 Å². The van der Waals surface area contributed by atoms with Crippen LogP contribution in [0, 0.1) is 0 Å². The second kappa shape index (κ2) is 10.6. The molecule has 3 heterocycles. The smallest absolute Gasteiger partial charge is 0.278 e. The number of hydrogen-bond acceptors (Lipinski definition) is 8. The Bertz CT molecular complexity index is 1760. The predicted octanol–water partition coefficient (Wildman–Crippen LogP) is 4.34. The van der Waals surface area contributed by atoms with Gasteiger partial charge in [0, 0.05) is 40.2 Å². The van der Waals surface area contributed by atoms with Crippen LogP contribution in [0.3, 0.4) is 0 Å². The first-order valence-electron chi connectivity index (χ1n) is 12.5. The molecule has 1 aromatic carbocycles. The van der Waals surface area contributed by atoms with E-state index in [0.717, 1.165) is 24.9 Å². The van der Waals surface area contributed by atoms with E-state index in [9.17, 15) is 9.00 Å². The molecule has 0 saturated carbocycles. The lowest BCUT2D eigenvalue weighted by molar-refractivity contribution is 0.268. The number of likely N-dealkylation sites (N-methyl/N-ethyl adjacent to an activating group) is 1. The maximum Gasteiger partial charge on any atom is 0.278 e. The number of nitrogens with zero attached hydrogens (tertiary/aromatic N) is 7. The molecule has 39 heavy (non-hydrogen) atoms. The van der Waals surface area contributed by atoms with E-state index in [2.05, 4.69) is 57.4 Å². The third-order valence-corrected chi connectivity index (χ3v) is 7.62. The van der Waals surface area contributed by atoms with E-state index in [1.54, 1.807) is 22.9 Å². The summed E-state index contributed by atoms with van der Waals surface area (Å²) in [6, 6.07) is 10.1. The lowest BCUT2D eigenvalue weighted by Crippen LogP contribution is -2.33. The number of aromatic nitrogens is 5. The van der Waals surface area contributed by atoms with Gasteiger partial charge in [0.2, 0.25) is 5.95 Å². The van der Waals surface area contributed by atoms with E-state index in [0.29, 0.717) is 28.8 Å². The van der Waals surface area contributed by atoms with Crippen LogP contribution in [0.25, 0.3) is 16.9 Å². The Hall–Kier alpha value is -3.54. The van der Waals surface area contributed by atoms with Gasteiger partial charge in [0.1, 0.15) is 5.39 Å². The van der Waals surface area contributed by atoms with E-state index in [1.807, 2.05) is 6.07 Å². The lowest BCUT2D eigenvalue weighted by Gasteiger charge is -2.30. The van der Waals surface area contributed by atoms with Crippen LogP contribution >= 0.6 is 11.6 Å². The molecular weight excluding hydrogens is 536 g/mol. The molecule has 5 rings (SSSR count). The molecule has 0 fully saturated rings. The third-order valence-electron chi connectivity index (χ3n) is 6.71. The summed E-state index contributed by atoms with van der Waals surface area (Å²) in [7, 11) is 1.74. The van der Waals surface area contributed by atoms with Crippen LogP contribution in [0.15, 0.2) is 58.3 Å². The van der Waals surface area contributed by atoms with E-state index < -0.39 is 9.73 Å². The highest BCUT2D eigenvalue weighted by Gasteiger charge is 2.21. The largest absolute Gasteiger partial charge is 0.324 e. The number of fused-ring (bicyclic) bond motifs is 2. The fraction of sp³-hybridized carbons (Fsp3) is 0.333. The summed E-state index contributed by atoms with van der Waals surface area (Å²) in [6.45, 7) is 4.00. The fourth-order valence-electron chi connectivity index (χ4n) is 4.80. The Labute approximate surface area is 232 Å². The first-order chi connectivity index (χ1) is 18.5. The van der Waals surface area contributed by atoms with Crippen molar-refractivity contribution in [3.8, 4) is 5.82 Å². The predicted molar refractivity (Wildman–Crippen MR) is 157 cm³/mol. The Morgan fingerprint density at radius 1 is 1.23 bits per heavy atom. The molecule has 0 radical (unpaired) electrons. The molecule has 0 aliphatic heterocycles. The van der Waals surface area contributed by atoms with E-state index in [4.69, 9.17) is 16.6 Å². The summed E-state index contributed by atoms with van der Waals surface area (Å²) in [5.41, 5.74) is 3.63. The summed E-state index contributed by atoms with van der Waals surface area (Å²) in [6.07, 6.45) is 9.28. The highest BCUT2D eigenvalue weighted by Crippen LogP contribution is 2.29. The van der Waals surface area contributed by atoms with Gasteiger partial charge in [0.25, 0.3) is 5.56 Å². The summed E-state index contributed by atoms with van der Waals surface area (Å²) in [4.78, 5) is 29.2. The number of aryl methyl sites for hydroxylation is 1. The van der Waals surface area contributed by atoms with Gasteiger partial charge in [-0.3, -0.25) is 4.79 Å². The number of pyridine rings is 1. The van der Waals surface area contributed by atoms with Crippen molar-refractivity contribution < 1.29 is 4.21 Å². The summed E-state index contributed by atoms with van der Waals surface area (Å²) < 4.78 is 19.6. The van der Waals surface area contributed by atoms with E-state index in [-0.39, 0.29) is 22.9 Å². The third kappa shape index (κ3) is 5.61. The molecule has 0 spiro atoms. The zero-order valence-electron chi connectivity index (χ0n) is 22.4. The topological polar surface area (TPSA) is 110 Å². The zero-order valence-corrected chi connectivity index (χ0v) is 24.0.